The van der Waals surface area contributed by atoms with E-state index in [1.807, 2.05) is 17.5 Å². The Bertz CT molecular complexity index is 526. The summed E-state index contributed by atoms with van der Waals surface area (Å²) in [6.07, 6.45) is 0.633. The molecule has 0 saturated carbocycles. The molecule has 0 amide bonds. The maximum atomic E-state index is 9.71. The lowest BCUT2D eigenvalue weighted by molar-refractivity contribution is 0.0290. The molecule has 1 aliphatic heterocycles. The first-order valence-corrected chi connectivity index (χ1v) is 7.37. The standard InChI is InChI=1S/C13H17N3O2S/c1-9-7-16(5-4-10(9)17)8-12-14-15-13(18-12)11-3-2-6-19-11/h2-3,6,9-10,17H,4-5,7-8H2,1H3. The van der Waals surface area contributed by atoms with Gasteiger partial charge in [0.15, 0.2) is 0 Å². The van der Waals surface area contributed by atoms with Crippen LogP contribution in [0.1, 0.15) is 19.2 Å². The Labute approximate surface area is 115 Å². The van der Waals surface area contributed by atoms with Crippen LogP contribution in [0.4, 0.5) is 0 Å². The summed E-state index contributed by atoms with van der Waals surface area (Å²) >= 11 is 1.59. The number of nitrogens with zero attached hydrogens (tertiary/aromatic N) is 3. The molecule has 2 aromatic rings. The molecule has 2 unspecified atom stereocenters. The second-order valence-corrected chi connectivity index (χ2v) is 5.99. The molecule has 1 fully saturated rings. The molecule has 19 heavy (non-hydrogen) atoms. The van der Waals surface area contributed by atoms with Gasteiger partial charge in [0, 0.05) is 13.1 Å². The van der Waals surface area contributed by atoms with Crippen molar-refractivity contribution in [1.29, 1.82) is 0 Å². The molecule has 102 valence electrons. The molecule has 0 aliphatic carbocycles. The Morgan fingerprint density at radius 2 is 2.42 bits per heavy atom. The zero-order chi connectivity index (χ0) is 13.2. The van der Waals surface area contributed by atoms with E-state index in [-0.39, 0.29) is 6.10 Å². The molecule has 0 spiro atoms. The molecule has 1 saturated heterocycles. The van der Waals surface area contributed by atoms with Gasteiger partial charge in [-0.1, -0.05) is 13.0 Å². The van der Waals surface area contributed by atoms with Gasteiger partial charge in [-0.3, -0.25) is 4.90 Å². The first-order chi connectivity index (χ1) is 9.22. The molecule has 6 heteroatoms. The van der Waals surface area contributed by atoms with Gasteiger partial charge in [0.05, 0.1) is 17.5 Å². The quantitative estimate of drug-likeness (QED) is 0.931. The van der Waals surface area contributed by atoms with Gasteiger partial charge in [0.1, 0.15) is 0 Å². The first kappa shape index (κ1) is 12.8. The van der Waals surface area contributed by atoms with E-state index in [1.165, 1.54) is 0 Å². The van der Waals surface area contributed by atoms with E-state index in [4.69, 9.17) is 4.42 Å². The van der Waals surface area contributed by atoms with Crippen molar-refractivity contribution in [2.45, 2.75) is 26.0 Å². The van der Waals surface area contributed by atoms with Gasteiger partial charge in [-0.25, -0.2) is 0 Å². The Kier molecular flexibility index (Phi) is 3.63. The van der Waals surface area contributed by atoms with Crippen LogP contribution in [0.5, 0.6) is 0 Å². The minimum Gasteiger partial charge on any atom is -0.419 e. The van der Waals surface area contributed by atoms with Crippen LogP contribution in [0.25, 0.3) is 10.8 Å². The fourth-order valence-electron chi connectivity index (χ4n) is 2.37. The average Bonchev–Trinajstić information content (AvgIpc) is 3.04. The number of aliphatic hydroxyl groups excluding tert-OH is 1. The summed E-state index contributed by atoms with van der Waals surface area (Å²) in [5, 5.41) is 19.9. The van der Waals surface area contributed by atoms with Crippen LogP contribution in [0, 0.1) is 5.92 Å². The Morgan fingerprint density at radius 3 is 3.16 bits per heavy atom. The van der Waals surface area contributed by atoms with Crippen molar-refractivity contribution in [2.75, 3.05) is 13.1 Å². The summed E-state index contributed by atoms with van der Waals surface area (Å²) in [5.41, 5.74) is 0. The van der Waals surface area contributed by atoms with Crippen molar-refractivity contribution < 1.29 is 9.52 Å². The number of thiophene rings is 1. The largest absolute Gasteiger partial charge is 0.419 e. The summed E-state index contributed by atoms with van der Waals surface area (Å²) in [5.74, 6) is 1.54. The summed E-state index contributed by atoms with van der Waals surface area (Å²) in [6.45, 7) is 4.48. The summed E-state index contributed by atoms with van der Waals surface area (Å²) in [7, 11) is 0. The molecule has 0 bridgehead atoms. The van der Waals surface area contributed by atoms with Gasteiger partial charge >= 0.3 is 0 Å². The molecule has 2 atom stereocenters. The fourth-order valence-corrected chi connectivity index (χ4v) is 3.02. The van der Waals surface area contributed by atoms with E-state index in [2.05, 4.69) is 22.0 Å². The molecule has 2 aromatic heterocycles. The lowest BCUT2D eigenvalue weighted by atomic mass is 9.97. The van der Waals surface area contributed by atoms with E-state index < -0.39 is 0 Å². The van der Waals surface area contributed by atoms with E-state index >= 15 is 0 Å². The van der Waals surface area contributed by atoms with Crippen LogP contribution >= 0.6 is 11.3 Å². The zero-order valence-electron chi connectivity index (χ0n) is 10.8. The predicted molar refractivity (Wildman–Crippen MR) is 72.7 cm³/mol. The Balaban J connectivity index is 1.64. The highest BCUT2D eigenvalue weighted by atomic mass is 32.1. The number of aromatic nitrogens is 2. The van der Waals surface area contributed by atoms with Gasteiger partial charge in [0.25, 0.3) is 5.89 Å². The van der Waals surface area contributed by atoms with Crippen molar-refractivity contribution >= 4 is 11.3 Å². The second kappa shape index (κ2) is 5.40. The van der Waals surface area contributed by atoms with E-state index in [0.717, 1.165) is 24.4 Å². The van der Waals surface area contributed by atoms with E-state index in [1.54, 1.807) is 11.3 Å². The predicted octanol–water partition coefficient (Wildman–Crippen LogP) is 2.00. The first-order valence-electron chi connectivity index (χ1n) is 6.49. The molecule has 5 nitrogen and oxygen atoms in total. The van der Waals surface area contributed by atoms with Crippen molar-refractivity contribution in [3.05, 3.63) is 23.4 Å². The van der Waals surface area contributed by atoms with Crippen LogP contribution in [0.2, 0.25) is 0 Å². The highest BCUT2D eigenvalue weighted by Gasteiger charge is 2.25. The maximum absolute atomic E-state index is 9.71. The molecule has 1 N–H and O–H groups in total. The Hall–Kier alpha value is -1.24. The van der Waals surface area contributed by atoms with Crippen LogP contribution in [0.15, 0.2) is 21.9 Å². The van der Waals surface area contributed by atoms with Crippen molar-refractivity contribution in [1.82, 2.24) is 15.1 Å². The number of aliphatic hydroxyl groups is 1. The normalized spacial score (nSPS) is 24.7. The summed E-state index contributed by atoms with van der Waals surface area (Å²) < 4.78 is 5.68. The van der Waals surface area contributed by atoms with Crippen molar-refractivity contribution in [3.63, 3.8) is 0 Å². The third-order valence-electron chi connectivity index (χ3n) is 3.50. The minimum atomic E-state index is -0.180. The molecular formula is C13H17N3O2S. The van der Waals surface area contributed by atoms with Crippen LogP contribution in [-0.4, -0.2) is 39.4 Å². The average molecular weight is 279 g/mol. The monoisotopic (exact) mass is 279 g/mol. The molecule has 1 aliphatic rings. The number of hydrogen-bond donors (Lipinski definition) is 1. The van der Waals surface area contributed by atoms with Crippen molar-refractivity contribution in [3.8, 4) is 10.8 Å². The number of piperidine rings is 1. The van der Waals surface area contributed by atoms with E-state index in [9.17, 15) is 5.11 Å². The fraction of sp³-hybridized carbons (Fsp3) is 0.538. The maximum Gasteiger partial charge on any atom is 0.257 e. The SMILES string of the molecule is CC1CN(Cc2nnc(-c3cccs3)o2)CCC1O. The third kappa shape index (κ3) is 2.86. The third-order valence-corrected chi connectivity index (χ3v) is 4.36. The lowest BCUT2D eigenvalue weighted by Crippen LogP contribution is -2.41. The topological polar surface area (TPSA) is 62.4 Å². The molecular weight excluding hydrogens is 262 g/mol. The molecule has 3 heterocycles. The summed E-state index contributed by atoms with van der Waals surface area (Å²) in [4.78, 5) is 3.25. The van der Waals surface area contributed by atoms with E-state index in [0.29, 0.717) is 24.2 Å². The lowest BCUT2D eigenvalue weighted by Gasteiger charge is -2.33. The minimum absolute atomic E-state index is 0.180. The number of rotatable bonds is 3. The highest BCUT2D eigenvalue weighted by molar-refractivity contribution is 7.13. The van der Waals surface area contributed by atoms with Gasteiger partial charge in [-0.15, -0.1) is 21.5 Å². The van der Waals surface area contributed by atoms with Gasteiger partial charge < -0.3 is 9.52 Å². The number of likely N-dealkylation sites (tertiary alicyclic amines) is 1. The molecule has 0 radical (unpaired) electrons. The smallest absolute Gasteiger partial charge is 0.257 e. The molecule has 0 aromatic carbocycles. The van der Waals surface area contributed by atoms with Gasteiger partial charge in [0.2, 0.25) is 5.89 Å². The van der Waals surface area contributed by atoms with Crippen LogP contribution < -0.4 is 0 Å². The van der Waals surface area contributed by atoms with Gasteiger partial charge in [-0.05, 0) is 23.8 Å². The second-order valence-electron chi connectivity index (χ2n) is 5.05. The highest BCUT2D eigenvalue weighted by Crippen LogP contribution is 2.24. The van der Waals surface area contributed by atoms with Crippen molar-refractivity contribution in [2.24, 2.45) is 5.92 Å². The Morgan fingerprint density at radius 1 is 1.53 bits per heavy atom. The van der Waals surface area contributed by atoms with Gasteiger partial charge in [-0.2, -0.15) is 0 Å². The molecule has 3 rings (SSSR count). The zero-order valence-corrected chi connectivity index (χ0v) is 11.6. The number of hydrogen-bond acceptors (Lipinski definition) is 6. The van der Waals surface area contributed by atoms with Crippen LogP contribution in [0.3, 0.4) is 0 Å². The summed E-state index contributed by atoms with van der Waals surface area (Å²) in [6, 6.07) is 3.94. The van der Waals surface area contributed by atoms with Crippen LogP contribution in [-0.2, 0) is 6.54 Å².